The van der Waals surface area contributed by atoms with Crippen LogP contribution in [0.3, 0.4) is 0 Å². The Bertz CT molecular complexity index is 156. The summed E-state index contributed by atoms with van der Waals surface area (Å²) in [6, 6.07) is 0.770. The van der Waals surface area contributed by atoms with Crippen LogP contribution in [0.25, 0.3) is 0 Å². The van der Waals surface area contributed by atoms with Crippen molar-refractivity contribution in [2.24, 2.45) is 5.92 Å². The number of rotatable bonds is 13. The highest BCUT2D eigenvalue weighted by Gasteiger charge is 2.10. The molecule has 0 bridgehead atoms. The Morgan fingerprint density at radius 3 is 2.11 bits per heavy atom. The van der Waals surface area contributed by atoms with E-state index < -0.39 is 0 Å². The molecule has 0 radical (unpaired) electrons. The zero-order valence-electron chi connectivity index (χ0n) is 13.4. The minimum absolute atomic E-state index is 0.770. The van der Waals surface area contributed by atoms with Crippen molar-refractivity contribution in [1.29, 1.82) is 0 Å². The van der Waals surface area contributed by atoms with E-state index in [1.165, 1.54) is 70.8 Å². The quantitative estimate of drug-likeness (QED) is 0.426. The Hall–Kier alpha value is -0.0400. The summed E-state index contributed by atoms with van der Waals surface area (Å²) in [5, 5.41) is 3.74. The lowest BCUT2D eigenvalue weighted by molar-refractivity contribution is 0.366. The zero-order chi connectivity index (χ0) is 13.6. The molecule has 0 saturated heterocycles. The molecule has 0 aromatic carbocycles. The van der Waals surface area contributed by atoms with Crippen molar-refractivity contribution in [3.8, 4) is 0 Å². The maximum absolute atomic E-state index is 3.74. The molecule has 0 aliphatic carbocycles. The summed E-state index contributed by atoms with van der Waals surface area (Å²) in [6.45, 7) is 10.4. The molecule has 2 unspecified atom stereocenters. The van der Waals surface area contributed by atoms with Crippen LogP contribution in [0.4, 0.5) is 0 Å². The molecule has 0 fully saturated rings. The number of hydrogen-bond donors (Lipinski definition) is 1. The summed E-state index contributed by atoms with van der Waals surface area (Å²) in [5.41, 5.74) is 0. The van der Waals surface area contributed by atoms with Gasteiger partial charge >= 0.3 is 0 Å². The van der Waals surface area contributed by atoms with Crippen molar-refractivity contribution in [3.05, 3.63) is 0 Å². The highest BCUT2D eigenvalue weighted by Crippen LogP contribution is 2.16. The SMILES string of the molecule is CCCCCCCCC(CC(C)CC)NCCC. The van der Waals surface area contributed by atoms with Crippen LogP contribution >= 0.6 is 0 Å². The van der Waals surface area contributed by atoms with Crippen LogP contribution in [0.5, 0.6) is 0 Å². The van der Waals surface area contributed by atoms with Gasteiger partial charge in [-0.25, -0.2) is 0 Å². The van der Waals surface area contributed by atoms with E-state index in [9.17, 15) is 0 Å². The largest absolute Gasteiger partial charge is 0.314 e. The van der Waals surface area contributed by atoms with Crippen molar-refractivity contribution < 1.29 is 0 Å². The van der Waals surface area contributed by atoms with Crippen LogP contribution in [0.2, 0.25) is 0 Å². The molecule has 0 spiro atoms. The summed E-state index contributed by atoms with van der Waals surface area (Å²) in [5.74, 6) is 0.874. The van der Waals surface area contributed by atoms with Gasteiger partial charge in [0.15, 0.2) is 0 Å². The molecule has 0 aliphatic heterocycles. The van der Waals surface area contributed by atoms with Gasteiger partial charge in [0.2, 0.25) is 0 Å². The van der Waals surface area contributed by atoms with Gasteiger partial charge in [-0.3, -0.25) is 0 Å². The fraction of sp³-hybridized carbons (Fsp3) is 1.00. The van der Waals surface area contributed by atoms with Gasteiger partial charge in [-0.2, -0.15) is 0 Å². The van der Waals surface area contributed by atoms with Gasteiger partial charge in [-0.1, -0.05) is 72.6 Å². The van der Waals surface area contributed by atoms with Gasteiger partial charge in [-0.15, -0.1) is 0 Å². The van der Waals surface area contributed by atoms with Gasteiger partial charge in [0.25, 0.3) is 0 Å². The molecule has 0 aromatic heterocycles. The Morgan fingerprint density at radius 1 is 0.833 bits per heavy atom. The summed E-state index contributed by atoms with van der Waals surface area (Å²) in [7, 11) is 0. The summed E-state index contributed by atoms with van der Waals surface area (Å²) < 4.78 is 0. The normalized spacial score (nSPS) is 14.7. The average molecular weight is 255 g/mol. The van der Waals surface area contributed by atoms with Crippen molar-refractivity contribution in [2.75, 3.05) is 6.54 Å². The van der Waals surface area contributed by atoms with Crippen molar-refractivity contribution in [1.82, 2.24) is 5.32 Å². The second-order valence-electron chi connectivity index (χ2n) is 5.96. The average Bonchev–Trinajstić information content (AvgIpc) is 2.39. The van der Waals surface area contributed by atoms with Crippen LogP contribution in [-0.2, 0) is 0 Å². The molecule has 18 heavy (non-hydrogen) atoms. The minimum Gasteiger partial charge on any atom is -0.314 e. The first-order chi connectivity index (χ1) is 8.74. The molecule has 2 atom stereocenters. The van der Waals surface area contributed by atoms with Gasteiger partial charge in [0.1, 0.15) is 0 Å². The lowest BCUT2D eigenvalue weighted by Gasteiger charge is -2.21. The molecular weight excluding hydrogens is 218 g/mol. The van der Waals surface area contributed by atoms with Crippen LogP contribution in [0, 0.1) is 5.92 Å². The molecular formula is C17H37N. The fourth-order valence-electron chi connectivity index (χ4n) is 2.48. The van der Waals surface area contributed by atoms with E-state index in [4.69, 9.17) is 0 Å². The van der Waals surface area contributed by atoms with Gasteiger partial charge in [0, 0.05) is 6.04 Å². The molecule has 110 valence electrons. The topological polar surface area (TPSA) is 12.0 Å². The third-order valence-corrected chi connectivity index (χ3v) is 3.97. The van der Waals surface area contributed by atoms with Crippen LogP contribution in [0.1, 0.15) is 91.9 Å². The predicted molar refractivity (Wildman–Crippen MR) is 84.1 cm³/mol. The van der Waals surface area contributed by atoms with Crippen molar-refractivity contribution >= 4 is 0 Å². The molecule has 0 aliphatic rings. The first-order valence-electron chi connectivity index (χ1n) is 8.47. The maximum Gasteiger partial charge on any atom is 0.00695 e. The van der Waals surface area contributed by atoms with E-state index in [0.717, 1.165) is 12.0 Å². The van der Waals surface area contributed by atoms with Gasteiger partial charge in [0.05, 0.1) is 0 Å². The predicted octanol–water partition coefficient (Wildman–Crippen LogP) is 5.54. The monoisotopic (exact) mass is 255 g/mol. The highest BCUT2D eigenvalue weighted by atomic mass is 14.9. The van der Waals surface area contributed by atoms with Gasteiger partial charge < -0.3 is 5.32 Å². The Labute approximate surface area is 116 Å². The zero-order valence-corrected chi connectivity index (χ0v) is 13.4. The lowest BCUT2D eigenvalue weighted by atomic mass is 9.95. The second-order valence-corrected chi connectivity index (χ2v) is 5.96. The lowest BCUT2D eigenvalue weighted by Crippen LogP contribution is -2.31. The molecule has 0 amide bonds. The number of unbranched alkanes of at least 4 members (excludes halogenated alkanes) is 5. The summed E-state index contributed by atoms with van der Waals surface area (Å²) in [4.78, 5) is 0. The van der Waals surface area contributed by atoms with E-state index in [0.29, 0.717) is 0 Å². The van der Waals surface area contributed by atoms with Crippen molar-refractivity contribution in [3.63, 3.8) is 0 Å². The minimum atomic E-state index is 0.770. The molecule has 1 N–H and O–H groups in total. The Balaban J connectivity index is 3.65. The van der Waals surface area contributed by atoms with E-state index in [-0.39, 0.29) is 0 Å². The Morgan fingerprint density at radius 2 is 1.50 bits per heavy atom. The molecule has 1 heteroatoms. The van der Waals surface area contributed by atoms with Crippen LogP contribution in [0.15, 0.2) is 0 Å². The van der Waals surface area contributed by atoms with Crippen LogP contribution < -0.4 is 5.32 Å². The van der Waals surface area contributed by atoms with E-state index in [1.54, 1.807) is 0 Å². The summed E-state index contributed by atoms with van der Waals surface area (Å²) >= 11 is 0. The van der Waals surface area contributed by atoms with E-state index in [2.05, 4.69) is 33.0 Å². The molecule has 1 nitrogen and oxygen atoms in total. The maximum atomic E-state index is 3.74. The molecule has 0 rings (SSSR count). The van der Waals surface area contributed by atoms with Crippen molar-refractivity contribution in [2.45, 2.75) is 97.9 Å². The van der Waals surface area contributed by atoms with E-state index >= 15 is 0 Å². The smallest absolute Gasteiger partial charge is 0.00695 e. The van der Waals surface area contributed by atoms with E-state index in [1.807, 2.05) is 0 Å². The fourth-order valence-corrected chi connectivity index (χ4v) is 2.48. The summed E-state index contributed by atoms with van der Waals surface area (Å²) in [6.07, 6.45) is 13.8. The third-order valence-electron chi connectivity index (χ3n) is 3.97. The third kappa shape index (κ3) is 11.1. The second kappa shape index (κ2) is 13.4. The first kappa shape index (κ1) is 18.0. The number of nitrogens with one attached hydrogen (secondary N) is 1. The standard InChI is InChI=1S/C17H37N/c1-5-8-9-10-11-12-13-17(18-14-6-2)15-16(4)7-3/h16-18H,5-15H2,1-4H3. The highest BCUT2D eigenvalue weighted by molar-refractivity contribution is 4.69. The first-order valence-corrected chi connectivity index (χ1v) is 8.47. The van der Waals surface area contributed by atoms with Gasteiger partial charge in [-0.05, 0) is 31.7 Å². The number of hydrogen-bond acceptors (Lipinski definition) is 1. The Kier molecular flexibility index (Phi) is 13.4. The molecule has 0 heterocycles. The molecule has 0 saturated carbocycles. The molecule has 0 aromatic rings. The van der Waals surface area contributed by atoms with Crippen LogP contribution in [-0.4, -0.2) is 12.6 Å².